The number of benzene rings is 1. The topological polar surface area (TPSA) is 91.6 Å². The number of nitro groups is 1. The molecule has 0 N–H and O–H groups in total. The van der Waals surface area contributed by atoms with Crippen molar-refractivity contribution < 1.29 is 19.2 Å². The van der Waals surface area contributed by atoms with Crippen molar-refractivity contribution in [2.45, 2.75) is 0 Å². The Hall–Kier alpha value is -2.67. The number of methoxy groups -OCH3 is 1. The van der Waals surface area contributed by atoms with Gasteiger partial charge >= 0.3 is 11.7 Å². The van der Waals surface area contributed by atoms with Crippen LogP contribution < -0.4 is 9.47 Å². The zero-order valence-electron chi connectivity index (χ0n) is 10.8. The highest BCUT2D eigenvalue weighted by Gasteiger charge is 2.20. The predicted octanol–water partition coefficient (Wildman–Crippen LogP) is 2.87. The van der Waals surface area contributed by atoms with Crippen LogP contribution in [0.4, 0.5) is 5.69 Å². The van der Waals surface area contributed by atoms with Gasteiger partial charge in [0.25, 0.3) is 0 Å². The third kappa shape index (κ3) is 3.46. The number of nitrogens with zero attached hydrogens (tertiary/aromatic N) is 2. The Morgan fingerprint density at radius 2 is 2.10 bits per heavy atom. The first-order valence-corrected chi connectivity index (χ1v) is 6.05. The molecule has 0 aliphatic heterocycles. The number of rotatable bonds is 4. The summed E-state index contributed by atoms with van der Waals surface area (Å²) in [5.41, 5.74) is -0.233. The van der Waals surface area contributed by atoms with Crippen LogP contribution in [0.15, 0.2) is 36.5 Å². The Bertz CT molecular complexity index is 705. The molecule has 0 saturated heterocycles. The standard InChI is InChI=1S/C13H9ClN2O5/c1-20-9-2-3-11(10(7-9)16(18)19)21-13(17)8-4-5-15-12(14)6-8/h2-7H,1H3. The van der Waals surface area contributed by atoms with E-state index in [0.717, 1.165) is 0 Å². The highest BCUT2D eigenvalue weighted by atomic mass is 35.5. The molecule has 1 heterocycles. The summed E-state index contributed by atoms with van der Waals surface area (Å²) in [6.45, 7) is 0. The fourth-order valence-electron chi connectivity index (χ4n) is 1.54. The van der Waals surface area contributed by atoms with Crippen LogP contribution >= 0.6 is 11.6 Å². The van der Waals surface area contributed by atoms with E-state index in [1.165, 1.54) is 43.6 Å². The Labute approximate surface area is 124 Å². The zero-order valence-corrected chi connectivity index (χ0v) is 11.5. The number of pyridine rings is 1. The Morgan fingerprint density at radius 3 is 2.71 bits per heavy atom. The molecular weight excluding hydrogens is 300 g/mol. The van der Waals surface area contributed by atoms with Crippen LogP contribution in [-0.2, 0) is 0 Å². The lowest BCUT2D eigenvalue weighted by Crippen LogP contribution is -2.10. The molecule has 0 bridgehead atoms. The number of aromatic nitrogens is 1. The molecule has 0 spiro atoms. The first-order valence-electron chi connectivity index (χ1n) is 5.67. The molecule has 0 unspecified atom stereocenters. The smallest absolute Gasteiger partial charge is 0.343 e. The maximum atomic E-state index is 11.9. The van der Waals surface area contributed by atoms with Gasteiger partial charge in [0.05, 0.1) is 23.7 Å². The maximum Gasteiger partial charge on any atom is 0.343 e. The quantitative estimate of drug-likeness (QED) is 0.283. The van der Waals surface area contributed by atoms with Crippen LogP contribution in [0.1, 0.15) is 10.4 Å². The maximum absolute atomic E-state index is 11.9. The van der Waals surface area contributed by atoms with Gasteiger partial charge in [-0.05, 0) is 24.3 Å². The number of hydrogen-bond acceptors (Lipinski definition) is 6. The van der Waals surface area contributed by atoms with Gasteiger partial charge in [-0.25, -0.2) is 9.78 Å². The molecule has 0 atom stereocenters. The van der Waals surface area contributed by atoms with Crippen LogP contribution in [0, 0.1) is 10.1 Å². The normalized spacial score (nSPS) is 10.0. The van der Waals surface area contributed by atoms with Gasteiger partial charge in [-0.2, -0.15) is 0 Å². The molecular formula is C13H9ClN2O5. The molecule has 0 amide bonds. The molecule has 0 saturated carbocycles. The Balaban J connectivity index is 2.31. The molecule has 1 aromatic heterocycles. The van der Waals surface area contributed by atoms with E-state index >= 15 is 0 Å². The Kier molecular flexibility index (Phi) is 4.34. The molecule has 1 aromatic carbocycles. The average Bonchev–Trinajstić information content (AvgIpc) is 2.47. The number of halogens is 1. The summed E-state index contributed by atoms with van der Waals surface area (Å²) >= 11 is 5.67. The van der Waals surface area contributed by atoms with Crippen LogP contribution in [0.5, 0.6) is 11.5 Å². The number of nitro benzene ring substituents is 1. The van der Waals surface area contributed by atoms with E-state index in [2.05, 4.69) is 4.98 Å². The highest BCUT2D eigenvalue weighted by Crippen LogP contribution is 2.31. The molecule has 21 heavy (non-hydrogen) atoms. The second kappa shape index (κ2) is 6.19. The van der Waals surface area contributed by atoms with Crippen molar-refractivity contribution in [1.29, 1.82) is 0 Å². The summed E-state index contributed by atoms with van der Waals surface area (Å²) in [5, 5.41) is 11.1. The minimum atomic E-state index is -0.771. The number of esters is 1. The van der Waals surface area contributed by atoms with Gasteiger partial charge in [-0.1, -0.05) is 11.6 Å². The largest absolute Gasteiger partial charge is 0.496 e. The first kappa shape index (κ1) is 14.7. The monoisotopic (exact) mass is 308 g/mol. The minimum Gasteiger partial charge on any atom is -0.496 e. The number of carbonyl (C=O) groups excluding carboxylic acids is 1. The van der Waals surface area contributed by atoms with Crippen LogP contribution in [0.2, 0.25) is 5.15 Å². The predicted molar refractivity (Wildman–Crippen MR) is 73.9 cm³/mol. The molecule has 8 heteroatoms. The highest BCUT2D eigenvalue weighted by molar-refractivity contribution is 6.29. The second-order valence-electron chi connectivity index (χ2n) is 3.85. The van der Waals surface area contributed by atoms with E-state index in [-0.39, 0.29) is 27.9 Å². The summed E-state index contributed by atoms with van der Waals surface area (Å²) in [6, 6.07) is 6.61. The molecule has 2 aromatic rings. The van der Waals surface area contributed by atoms with E-state index in [1.807, 2.05) is 0 Å². The van der Waals surface area contributed by atoms with Crippen molar-refractivity contribution in [3.05, 3.63) is 57.4 Å². The molecule has 7 nitrogen and oxygen atoms in total. The van der Waals surface area contributed by atoms with Crippen LogP contribution in [0.25, 0.3) is 0 Å². The lowest BCUT2D eigenvalue weighted by molar-refractivity contribution is -0.385. The fourth-order valence-corrected chi connectivity index (χ4v) is 1.72. The summed E-state index contributed by atoms with van der Waals surface area (Å²) < 4.78 is 9.92. The van der Waals surface area contributed by atoms with E-state index in [0.29, 0.717) is 0 Å². The summed E-state index contributed by atoms with van der Waals surface area (Å²) in [6.07, 6.45) is 1.33. The molecule has 2 rings (SSSR count). The SMILES string of the molecule is COc1ccc(OC(=O)c2ccnc(Cl)c2)c([N+](=O)[O-])c1. The third-order valence-electron chi connectivity index (χ3n) is 2.53. The van der Waals surface area contributed by atoms with Gasteiger partial charge in [-0.15, -0.1) is 0 Å². The van der Waals surface area contributed by atoms with Gasteiger partial charge < -0.3 is 9.47 Å². The van der Waals surface area contributed by atoms with Crippen molar-refractivity contribution in [1.82, 2.24) is 4.98 Å². The van der Waals surface area contributed by atoms with Crippen molar-refractivity contribution in [2.75, 3.05) is 7.11 Å². The number of ether oxygens (including phenoxy) is 2. The summed E-state index contributed by atoms with van der Waals surface area (Å²) in [7, 11) is 1.38. The van der Waals surface area contributed by atoms with Gasteiger partial charge in [-0.3, -0.25) is 10.1 Å². The van der Waals surface area contributed by atoms with Gasteiger partial charge in [0, 0.05) is 6.20 Å². The first-order chi connectivity index (χ1) is 10.0. The van der Waals surface area contributed by atoms with Crippen molar-refractivity contribution in [3.8, 4) is 11.5 Å². The third-order valence-corrected chi connectivity index (χ3v) is 2.73. The average molecular weight is 309 g/mol. The summed E-state index contributed by atoms with van der Waals surface area (Å²) in [4.78, 5) is 26.0. The molecule has 108 valence electrons. The van der Waals surface area contributed by atoms with Crippen molar-refractivity contribution >= 4 is 23.3 Å². The fraction of sp³-hybridized carbons (Fsp3) is 0.0769. The van der Waals surface area contributed by atoms with E-state index in [1.54, 1.807) is 0 Å². The second-order valence-corrected chi connectivity index (χ2v) is 4.23. The van der Waals surface area contributed by atoms with Crippen molar-refractivity contribution in [3.63, 3.8) is 0 Å². The van der Waals surface area contributed by atoms with Crippen LogP contribution in [0.3, 0.4) is 0 Å². The molecule has 0 aliphatic rings. The summed E-state index contributed by atoms with van der Waals surface area (Å²) in [5.74, 6) is -0.667. The van der Waals surface area contributed by atoms with E-state index < -0.39 is 10.9 Å². The molecule has 0 aliphatic carbocycles. The lowest BCUT2D eigenvalue weighted by Gasteiger charge is -2.06. The molecule has 0 fully saturated rings. The lowest BCUT2D eigenvalue weighted by atomic mass is 10.2. The van der Waals surface area contributed by atoms with Gasteiger partial charge in [0.15, 0.2) is 0 Å². The van der Waals surface area contributed by atoms with E-state index in [4.69, 9.17) is 21.1 Å². The Morgan fingerprint density at radius 1 is 1.33 bits per heavy atom. The van der Waals surface area contributed by atoms with Crippen LogP contribution in [-0.4, -0.2) is 23.0 Å². The van der Waals surface area contributed by atoms with E-state index in [9.17, 15) is 14.9 Å². The number of carbonyl (C=O) groups is 1. The zero-order chi connectivity index (χ0) is 15.4. The van der Waals surface area contributed by atoms with Gasteiger partial charge in [0.2, 0.25) is 5.75 Å². The number of hydrogen-bond donors (Lipinski definition) is 0. The molecule has 0 radical (unpaired) electrons. The van der Waals surface area contributed by atoms with Crippen molar-refractivity contribution in [2.24, 2.45) is 0 Å². The minimum absolute atomic E-state index is 0.119. The van der Waals surface area contributed by atoms with Gasteiger partial charge in [0.1, 0.15) is 10.9 Å².